The molecule has 0 amide bonds. The number of hydrogen-bond acceptors (Lipinski definition) is 3. The lowest BCUT2D eigenvalue weighted by molar-refractivity contribution is 0.193. The summed E-state index contributed by atoms with van der Waals surface area (Å²) in [5.74, 6) is -0.704. The van der Waals surface area contributed by atoms with E-state index >= 15 is 0 Å². The Morgan fingerprint density at radius 1 is 1.59 bits per heavy atom. The van der Waals surface area contributed by atoms with Crippen LogP contribution in [0.15, 0.2) is 18.2 Å². The normalized spacial score (nSPS) is 19.3. The average Bonchev–Trinajstić information content (AvgIpc) is 2.80. The monoisotopic (exact) mass is 237 g/mol. The fraction of sp³-hybridized carbons (Fsp3) is 0.417. The standard InChI is InChI=1S/C12H16FN3O/c1-16(8-5-6-17-7-8)10-4-2-3-9(13)11(10)12(14)15/h2-4,8H,5-7H2,1H3,(H3,14,15). The molecule has 0 bridgehead atoms. The van der Waals surface area contributed by atoms with Gasteiger partial charge in [0.15, 0.2) is 0 Å². The first-order valence-electron chi connectivity index (χ1n) is 5.54. The molecule has 1 aliphatic heterocycles. The van der Waals surface area contributed by atoms with Crippen LogP contribution in [-0.4, -0.2) is 32.1 Å². The summed E-state index contributed by atoms with van der Waals surface area (Å²) in [7, 11) is 1.88. The number of anilines is 1. The van der Waals surface area contributed by atoms with Crippen LogP contribution >= 0.6 is 0 Å². The fourth-order valence-electron chi connectivity index (χ4n) is 2.10. The second-order valence-corrected chi connectivity index (χ2v) is 4.18. The molecule has 1 aromatic rings. The Balaban J connectivity index is 2.36. The first kappa shape index (κ1) is 11.9. The van der Waals surface area contributed by atoms with Gasteiger partial charge in [0.2, 0.25) is 0 Å². The first-order valence-corrected chi connectivity index (χ1v) is 5.54. The number of ether oxygens (including phenoxy) is 1. The maximum atomic E-state index is 13.7. The summed E-state index contributed by atoms with van der Waals surface area (Å²) in [5, 5.41) is 7.46. The first-order chi connectivity index (χ1) is 8.11. The van der Waals surface area contributed by atoms with Gasteiger partial charge in [-0.05, 0) is 18.6 Å². The van der Waals surface area contributed by atoms with Crippen LogP contribution in [0.25, 0.3) is 0 Å². The molecule has 5 heteroatoms. The zero-order valence-corrected chi connectivity index (χ0v) is 9.74. The lowest BCUT2D eigenvalue weighted by Gasteiger charge is -2.27. The van der Waals surface area contributed by atoms with Gasteiger partial charge in [-0.15, -0.1) is 0 Å². The molecule has 1 saturated heterocycles. The van der Waals surface area contributed by atoms with Crippen LogP contribution in [0.5, 0.6) is 0 Å². The number of nitrogens with zero attached hydrogens (tertiary/aromatic N) is 1. The van der Waals surface area contributed by atoms with Gasteiger partial charge >= 0.3 is 0 Å². The minimum atomic E-state index is -0.458. The van der Waals surface area contributed by atoms with Crippen LogP contribution in [0, 0.1) is 11.2 Å². The number of nitrogens with two attached hydrogens (primary N) is 1. The quantitative estimate of drug-likeness (QED) is 0.616. The Morgan fingerprint density at radius 2 is 2.35 bits per heavy atom. The molecule has 0 aromatic heterocycles. The molecule has 0 spiro atoms. The lowest BCUT2D eigenvalue weighted by atomic mass is 10.1. The summed E-state index contributed by atoms with van der Waals surface area (Å²) in [6.07, 6.45) is 0.907. The molecule has 2 rings (SSSR count). The van der Waals surface area contributed by atoms with E-state index < -0.39 is 5.82 Å². The highest BCUT2D eigenvalue weighted by Crippen LogP contribution is 2.25. The number of halogens is 1. The zero-order chi connectivity index (χ0) is 12.4. The van der Waals surface area contributed by atoms with Crippen molar-refractivity contribution in [2.75, 3.05) is 25.2 Å². The van der Waals surface area contributed by atoms with Gasteiger partial charge < -0.3 is 15.4 Å². The predicted octanol–water partition coefficient (Wildman–Crippen LogP) is 1.33. The predicted molar refractivity (Wildman–Crippen MR) is 65.0 cm³/mol. The highest BCUT2D eigenvalue weighted by molar-refractivity contribution is 6.00. The number of hydrogen-bond donors (Lipinski definition) is 2. The summed E-state index contributed by atoms with van der Waals surface area (Å²) in [6.45, 7) is 1.35. The molecule has 0 aliphatic carbocycles. The van der Waals surface area contributed by atoms with Crippen molar-refractivity contribution in [3.63, 3.8) is 0 Å². The van der Waals surface area contributed by atoms with Crippen molar-refractivity contribution in [1.29, 1.82) is 5.41 Å². The minimum Gasteiger partial charge on any atom is -0.384 e. The van der Waals surface area contributed by atoms with Crippen LogP contribution in [0.1, 0.15) is 12.0 Å². The molecule has 3 N–H and O–H groups in total. The van der Waals surface area contributed by atoms with Gasteiger partial charge in [0.1, 0.15) is 11.7 Å². The van der Waals surface area contributed by atoms with E-state index in [2.05, 4.69) is 0 Å². The van der Waals surface area contributed by atoms with Gasteiger partial charge in [-0.25, -0.2) is 4.39 Å². The second kappa shape index (κ2) is 4.71. The Morgan fingerprint density at radius 3 is 2.94 bits per heavy atom. The maximum Gasteiger partial charge on any atom is 0.136 e. The van der Waals surface area contributed by atoms with Crippen molar-refractivity contribution in [1.82, 2.24) is 0 Å². The molecule has 1 aliphatic rings. The largest absolute Gasteiger partial charge is 0.384 e. The van der Waals surface area contributed by atoms with Gasteiger partial charge in [-0.1, -0.05) is 6.07 Å². The summed E-state index contributed by atoms with van der Waals surface area (Å²) in [5.41, 5.74) is 6.25. The van der Waals surface area contributed by atoms with Crippen molar-refractivity contribution in [3.8, 4) is 0 Å². The zero-order valence-electron chi connectivity index (χ0n) is 9.74. The summed E-state index contributed by atoms with van der Waals surface area (Å²) in [4.78, 5) is 1.94. The second-order valence-electron chi connectivity index (χ2n) is 4.18. The Hall–Kier alpha value is -1.62. The van der Waals surface area contributed by atoms with E-state index in [1.807, 2.05) is 11.9 Å². The van der Waals surface area contributed by atoms with Crippen molar-refractivity contribution in [2.45, 2.75) is 12.5 Å². The van der Waals surface area contributed by atoms with E-state index in [1.165, 1.54) is 6.07 Å². The summed E-state index contributed by atoms with van der Waals surface area (Å²) < 4.78 is 19.0. The highest BCUT2D eigenvalue weighted by atomic mass is 19.1. The molecule has 0 saturated carbocycles. The van der Waals surface area contributed by atoms with E-state index in [9.17, 15) is 4.39 Å². The van der Waals surface area contributed by atoms with Crippen LogP contribution < -0.4 is 10.6 Å². The van der Waals surface area contributed by atoms with Crippen molar-refractivity contribution < 1.29 is 9.13 Å². The van der Waals surface area contributed by atoms with Gasteiger partial charge in [0, 0.05) is 13.7 Å². The third-order valence-electron chi connectivity index (χ3n) is 3.09. The van der Waals surface area contributed by atoms with Crippen molar-refractivity contribution in [2.24, 2.45) is 5.73 Å². The van der Waals surface area contributed by atoms with E-state index in [-0.39, 0.29) is 17.4 Å². The summed E-state index contributed by atoms with van der Waals surface area (Å²) >= 11 is 0. The smallest absolute Gasteiger partial charge is 0.136 e. The van der Waals surface area contributed by atoms with Crippen LogP contribution in [0.3, 0.4) is 0 Å². The Kier molecular flexibility index (Phi) is 3.28. The number of rotatable bonds is 3. The number of nitrogens with one attached hydrogen (secondary N) is 1. The SMILES string of the molecule is CN(c1cccc(F)c1C(=N)N)C1CCOC1. The Labute approximate surface area is 99.7 Å². The Bertz CT molecular complexity index is 430. The molecule has 17 heavy (non-hydrogen) atoms. The molecule has 1 heterocycles. The number of nitrogen functional groups attached to an aromatic ring is 1. The van der Waals surface area contributed by atoms with E-state index in [4.69, 9.17) is 15.9 Å². The van der Waals surface area contributed by atoms with Crippen LogP contribution in [0.4, 0.5) is 10.1 Å². The number of likely N-dealkylation sites (N-methyl/N-ethyl adjacent to an activating group) is 1. The molecular weight excluding hydrogens is 221 g/mol. The van der Waals surface area contributed by atoms with Gasteiger partial charge in [0.05, 0.1) is 23.9 Å². The fourth-order valence-corrected chi connectivity index (χ4v) is 2.10. The average molecular weight is 237 g/mol. The molecule has 1 unspecified atom stereocenters. The van der Waals surface area contributed by atoms with Crippen molar-refractivity contribution >= 4 is 11.5 Å². The molecule has 0 radical (unpaired) electrons. The van der Waals surface area contributed by atoms with Gasteiger partial charge in [-0.3, -0.25) is 5.41 Å². The third kappa shape index (κ3) is 2.24. The molecule has 1 atom stereocenters. The van der Waals surface area contributed by atoms with Crippen molar-refractivity contribution in [3.05, 3.63) is 29.6 Å². The number of benzene rings is 1. The third-order valence-corrected chi connectivity index (χ3v) is 3.09. The van der Waals surface area contributed by atoms with Gasteiger partial charge in [-0.2, -0.15) is 0 Å². The minimum absolute atomic E-state index is 0.168. The molecule has 1 aromatic carbocycles. The van der Waals surface area contributed by atoms with Crippen LogP contribution in [-0.2, 0) is 4.74 Å². The van der Waals surface area contributed by atoms with E-state index in [0.29, 0.717) is 12.3 Å². The summed E-state index contributed by atoms with van der Waals surface area (Å²) in [6, 6.07) is 4.94. The van der Waals surface area contributed by atoms with E-state index in [1.54, 1.807) is 12.1 Å². The topological polar surface area (TPSA) is 62.3 Å². The highest BCUT2D eigenvalue weighted by Gasteiger charge is 2.24. The van der Waals surface area contributed by atoms with E-state index in [0.717, 1.165) is 13.0 Å². The van der Waals surface area contributed by atoms with Gasteiger partial charge in [0.25, 0.3) is 0 Å². The number of amidine groups is 1. The molecule has 92 valence electrons. The molecule has 1 fully saturated rings. The molecule has 4 nitrogen and oxygen atoms in total. The lowest BCUT2D eigenvalue weighted by Crippen LogP contribution is -2.34. The molecular formula is C12H16FN3O. The maximum absolute atomic E-state index is 13.7. The van der Waals surface area contributed by atoms with Crippen LogP contribution in [0.2, 0.25) is 0 Å².